The fourth-order valence-corrected chi connectivity index (χ4v) is 2.20. The van der Waals surface area contributed by atoms with Gasteiger partial charge in [0.15, 0.2) is 0 Å². The molecule has 0 spiro atoms. The van der Waals surface area contributed by atoms with Crippen LogP contribution in [0.3, 0.4) is 0 Å². The van der Waals surface area contributed by atoms with Crippen molar-refractivity contribution in [2.24, 2.45) is 0 Å². The smallest absolute Gasteiger partial charge is 0.147 e. The molecule has 1 aliphatic rings. The van der Waals surface area contributed by atoms with Gasteiger partial charge in [0.05, 0.1) is 24.2 Å². The summed E-state index contributed by atoms with van der Waals surface area (Å²) < 4.78 is 5.64. The Morgan fingerprint density at radius 3 is 3.05 bits per heavy atom. The molecule has 1 fully saturated rings. The summed E-state index contributed by atoms with van der Waals surface area (Å²) in [7, 11) is 0. The Kier molecular flexibility index (Phi) is 5.54. The molecule has 2 rings (SSSR count). The Hall–Kier alpha value is -1.20. The number of hydrogen-bond acceptors (Lipinski definition) is 5. The highest BCUT2D eigenvalue weighted by Gasteiger charge is 2.16. The van der Waals surface area contributed by atoms with Crippen LogP contribution in [0.2, 0.25) is 0 Å². The van der Waals surface area contributed by atoms with Crippen molar-refractivity contribution in [2.75, 3.05) is 31.1 Å². The van der Waals surface area contributed by atoms with Crippen LogP contribution < -0.4 is 10.2 Å². The monoisotopic (exact) mass is 264 g/mol. The number of rotatable bonds is 5. The van der Waals surface area contributed by atoms with E-state index in [-0.39, 0.29) is 6.10 Å². The molecule has 0 radical (unpaired) electrons. The van der Waals surface area contributed by atoms with Crippen LogP contribution in [0, 0.1) is 0 Å². The minimum atomic E-state index is 0.259. The molecule has 0 aliphatic carbocycles. The Morgan fingerprint density at radius 2 is 2.32 bits per heavy atom. The normalized spacial score (nSPS) is 20.3. The van der Waals surface area contributed by atoms with Crippen molar-refractivity contribution in [3.63, 3.8) is 0 Å². The largest absolute Gasteiger partial charge is 0.377 e. The van der Waals surface area contributed by atoms with Gasteiger partial charge >= 0.3 is 0 Å². The van der Waals surface area contributed by atoms with E-state index in [9.17, 15) is 0 Å². The van der Waals surface area contributed by atoms with Gasteiger partial charge < -0.3 is 15.0 Å². The van der Waals surface area contributed by atoms with Crippen LogP contribution in [0.4, 0.5) is 5.82 Å². The van der Waals surface area contributed by atoms with Gasteiger partial charge in [-0.1, -0.05) is 6.92 Å². The summed E-state index contributed by atoms with van der Waals surface area (Å²) in [6.45, 7) is 8.79. The van der Waals surface area contributed by atoms with Gasteiger partial charge in [-0.05, 0) is 26.3 Å². The van der Waals surface area contributed by atoms with Crippen LogP contribution in [0.15, 0.2) is 12.4 Å². The van der Waals surface area contributed by atoms with Crippen LogP contribution in [-0.4, -0.2) is 42.3 Å². The van der Waals surface area contributed by atoms with Gasteiger partial charge in [-0.15, -0.1) is 0 Å². The zero-order chi connectivity index (χ0) is 13.5. The highest BCUT2D eigenvalue weighted by Crippen LogP contribution is 2.14. The standard InChI is InChI=1S/C14H24N4O/c1-3-5-15-8-13-9-17-14(10-16-13)18-6-4-7-19-12(2)11-18/h9-10,12,15H,3-8,11H2,1-2H3. The number of aromatic nitrogens is 2. The Labute approximate surface area is 115 Å². The van der Waals surface area contributed by atoms with Gasteiger partial charge in [0.25, 0.3) is 0 Å². The van der Waals surface area contributed by atoms with Crippen molar-refractivity contribution < 1.29 is 4.74 Å². The fraction of sp³-hybridized carbons (Fsp3) is 0.714. The van der Waals surface area contributed by atoms with Gasteiger partial charge in [-0.25, -0.2) is 4.98 Å². The van der Waals surface area contributed by atoms with Crippen molar-refractivity contribution in [3.8, 4) is 0 Å². The first-order chi connectivity index (χ1) is 9.29. The molecule has 1 aliphatic heterocycles. The molecule has 5 heteroatoms. The lowest BCUT2D eigenvalue weighted by Gasteiger charge is -2.22. The van der Waals surface area contributed by atoms with Crippen molar-refractivity contribution in [1.29, 1.82) is 0 Å². The zero-order valence-corrected chi connectivity index (χ0v) is 11.9. The molecule has 0 aromatic carbocycles. The van der Waals surface area contributed by atoms with Gasteiger partial charge in [0.1, 0.15) is 5.82 Å². The molecule has 1 N–H and O–H groups in total. The molecule has 0 saturated carbocycles. The number of anilines is 1. The van der Waals surface area contributed by atoms with E-state index in [1.54, 1.807) is 0 Å². The SMILES string of the molecule is CCCNCc1cnc(N2CCCOC(C)C2)cn1. The molecule has 5 nitrogen and oxygen atoms in total. The lowest BCUT2D eigenvalue weighted by Crippen LogP contribution is -2.31. The predicted octanol–water partition coefficient (Wildman–Crippen LogP) is 1.59. The van der Waals surface area contributed by atoms with E-state index in [2.05, 4.69) is 34.0 Å². The van der Waals surface area contributed by atoms with Gasteiger partial charge in [0.2, 0.25) is 0 Å². The summed E-state index contributed by atoms with van der Waals surface area (Å²) in [5.74, 6) is 0.955. The molecule has 1 aromatic heterocycles. The van der Waals surface area contributed by atoms with E-state index in [0.717, 1.165) is 57.1 Å². The fourth-order valence-electron chi connectivity index (χ4n) is 2.20. The lowest BCUT2D eigenvalue weighted by atomic mass is 10.3. The number of ether oxygens (including phenoxy) is 1. The molecule has 0 bridgehead atoms. The van der Waals surface area contributed by atoms with Crippen molar-refractivity contribution in [1.82, 2.24) is 15.3 Å². The molecule has 1 saturated heterocycles. The Morgan fingerprint density at radius 1 is 1.42 bits per heavy atom. The topological polar surface area (TPSA) is 50.3 Å². The van der Waals surface area contributed by atoms with Gasteiger partial charge in [-0.3, -0.25) is 4.98 Å². The Bertz CT molecular complexity index is 368. The minimum absolute atomic E-state index is 0.259. The second-order valence-corrected chi connectivity index (χ2v) is 5.02. The van der Waals surface area contributed by atoms with Crippen LogP contribution >= 0.6 is 0 Å². The van der Waals surface area contributed by atoms with E-state index in [0.29, 0.717) is 0 Å². The second-order valence-electron chi connectivity index (χ2n) is 5.02. The molecule has 1 aromatic rings. The minimum Gasteiger partial charge on any atom is -0.377 e. The summed E-state index contributed by atoms with van der Waals surface area (Å²) >= 11 is 0. The van der Waals surface area contributed by atoms with Crippen molar-refractivity contribution >= 4 is 5.82 Å². The molecule has 0 amide bonds. The third kappa shape index (κ3) is 4.44. The average Bonchev–Trinajstić information content (AvgIpc) is 2.65. The van der Waals surface area contributed by atoms with Gasteiger partial charge in [0, 0.05) is 26.2 Å². The van der Waals surface area contributed by atoms with E-state index >= 15 is 0 Å². The van der Waals surface area contributed by atoms with Crippen LogP contribution in [0.1, 0.15) is 32.4 Å². The molecular formula is C14H24N4O. The second kappa shape index (κ2) is 7.40. The first-order valence-corrected chi connectivity index (χ1v) is 7.17. The van der Waals surface area contributed by atoms with E-state index in [1.807, 2.05) is 12.4 Å². The van der Waals surface area contributed by atoms with E-state index < -0.39 is 0 Å². The summed E-state index contributed by atoms with van der Waals surface area (Å²) in [4.78, 5) is 11.3. The quantitative estimate of drug-likeness (QED) is 0.819. The van der Waals surface area contributed by atoms with Crippen LogP contribution in [0.5, 0.6) is 0 Å². The molecule has 106 valence electrons. The number of nitrogens with one attached hydrogen (secondary N) is 1. The maximum absolute atomic E-state index is 5.64. The first kappa shape index (κ1) is 14.2. The first-order valence-electron chi connectivity index (χ1n) is 7.17. The molecule has 2 heterocycles. The average molecular weight is 264 g/mol. The molecule has 1 atom stereocenters. The third-order valence-corrected chi connectivity index (χ3v) is 3.20. The number of nitrogens with zero attached hydrogens (tertiary/aromatic N) is 3. The van der Waals surface area contributed by atoms with Crippen LogP contribution in [0.25, 0.3) is 0 Å². The van der Waals surface area contributed by atoms with Crippen molar-refractivity contribution in [2.45, 2.75) is 39.3 Å². The maximum atomic E-state index is 5.64. The predicted molar refractivity (Wildman–Crippen MR) is 76.3 cm³/mol. The highest BCUT2D eigenvalue weighted by atomic mass is 16.5. The van der Waals surface area contributed by atoms with E-state index in [4.69, 9.17) is 4.74 Å². The summed E-state index contributed by atoms with van der Waals surface area (Å²) in [6.07, 6.45) is 6.19. The Balaban J connectivity index is 1.93. The molecule has 19 heavy (non-hydrogen) atoms. The third-order valence-electron chi connectivity index (χ3n) is 3.20. The lowest BCUT2D eigenvalue weighted by molar-refractivity contribution is 0.0820. The maximum Gasteiger partial charge on any atom is 0.147 e. The van der Waals surface area contributed by atoms with Crippen LogP contribution in [-0.2, 0) is 11.3 Å². The molecular weight excluding hydrogens is 240 g/mol. The summed E-state index contributed by atoms with van der Waals surface area (Å²) in [5.41, 5.74) is 0.997. The van der Waals surface area contributed by atoms with Gasteiger partial charge in [-0.2, -0.15) is 0 Å². The summed E-state index contributed by atoms with van der Waals surface area (Å²) in [5, 5.41) is 3.33. The highest BCUT2D eigenvalue weighted by molar-refractivity contribution is 5.36. The zero-order valence-electron chi connectivity index (χ0n) is 11.9. The molecule has 1 unspecified atom stereocenters. The summed E-state index contributed by atoms with van der Waals surface area (Å²) in [6, 6.07) is 0. The van der Waals surface area contributed by atoms with E-state index in [1.165, 1.54) is 0 Å². The number of hydrogen-bond donors (Lipinski definition) is 1. The van der Waals surface area contributed by atoms with Crippen molar-refractivity contribution in [3.05, 3.63) is 18.1 Å².